The number of hydrogen-bond donors (Lipinski definition) is 2. The third-order valence-corrected chi connectivity index (χ3v) is 3.40. The lowest BCUT2D eigenvalue weighted by Gasteiger charge is -2.36. The zero-order valence-corrected chi connectivity index (χ0v) is 11.7. The topological polar surface area (TPSA) is 75.4 Å². The first-order valence-electron chi connectivity index (χ1n) is 6.13. The van der Waals surface area contributed by atoms with Crippen LogP contribution < -0.4 is 16.0 Å². The van der Waals surface area contributed by atoms with E-state index >= 15 is 0 Å². The molecule has 1 fully saturated rings. The van der Waals surface area contributed by atoms with Gasteiger partial charge in [-0.25, -0.2) is 4.39 Å². The molecule has 1 saturated heterocycles. The number of piperazine rings is 1. The van der Waals surface area contributed by atoms with Crippen LogP contribution in [0.4, 0.5) is 10.1 Å². The van der Waals surface area contributed by atoms with Crippen LogP contribution in [0.2, 0.25) is 0 Å². The second-order valence-electron chi connectivity index (χ2n) is 4.49. The molecule has 1 aliphatic heterocycles. The van der Waals surface area contributed by atoms with Gasteiger partial charge in [0.25, 0.3) is 0 Å². The Morgan fingerprint density at radius 1 is 1.55 bits per heavy atom. The van der Waals surface area contributed by atoms with Gasteiger partial charge in [-0.1, -0.05) is 19.1 Å². The molecule has 0 saturated carbocycles. The fraction of sp³-hybridized carbons (Fsp3) is 0.308. The second kappa shape index (κ2) is 5.54. The van der Waals surface area contributed by atoms with Gasteiger partial charge >= 0.3 is 0 Å². The van der Waals surface area contributed by atoms with Crippen LogP contribution in [0.1, 0.15) is 18.9 Å². The molecule has 0 aliphatic carbocycles. The first kappa shape index (κ1) is 14.4. The zero-order chi connectivity index (χ0) is 14.9. The monoisotopic (exact) mass is 295 g/mol. The third kappa shape index (κ3) is 2.62. The van der Waals surface area contributed by atoms with Gasteiger partial charge in [-0.3, -0.25) is 14.9 Å². The maximum Gasteiger partial charge on any atom is 0.249 e. The largest absolute Gasteiger partial charge is 0.389 e. The number of rotatable bonds is 3. The number of thiocarbonyl (C=S) groups is 1. The summed E-state index contributed by atoms with van der Waals surface area (Å²) in [4.78, 5) is 25.0. The molecule has 2 amide bonds. The summed E-state index contributed by atoms with van der Waals surface area (Å²) >= 11 is 4.91. The van der Waals surface area contributed by atoms with Gasteiger partial charge < -0.3 is 10.6 Å². The van der Waals surface area contributed by atoms with Crippen molar-refractivity contribution in [3.63, 3.8) is 0 Å². The van der Waals surface area contributed by atoms with E-state index in [0.29, 0.717) is 17.7 Å². The number of carbonyl (C=O) groups is 2. The van der Waals surface area contributed by atoms with Crippen LogP contribution in [-0.4, -0.2) is 29.4 Å². The molecule has 5 nitrogen and oxygen atoms in total. The molecule has 0 aromatic heterocycles. The first-order valence-corrected chi connectivity index (χ1v) is 6.54. The van der Waals surface area contributed by atoms with Gasteiger partial charge in [0.05, 0.1) is 6.54 Å². The van der Waals surface area contributed by atoms with E-state index in [0.717, 1.165) is 0 Å². The molecule has 1 unspecified atom stereocenters. The second-order valence-corrected chi connectivity index (χ2v) is 4.93. The molecule has 1 aromatic rings. The van der Waals surface area contributed by atoms with E-state index in [-0.39, 0.29) is 17.4 Å². The molecule has 0 bridgehead atoms. The van der Waals surface area contributed by atoms with Crippen LogP contribution >= 0.6 is 12.2 Å². The van der Waals surface area contributed by atoms with Gasteiger partial charge in [-0.05, 0) is 24.6 Å². The lowest BCUT2D eigenvalue weighted by atomic mass is 10.0. The molecule has 0 spiro atoms. The number of anilines is 1. The Morgan fingerprint density at radius 3 is 2.85 bits per heavy atom. The zero-order valence-electron chi connectivity index (χ0n) is 10.9. The highest BCUT2D eigenvalue weighted by Crippen LogP contribution is 2.26. The highest BCUT2D eigenvalue weighted by Gasteiger charge is 2.33. The maximum absolute atomic E-state index is 13.3. The fourth-order valence-electron chi connectivity index (χ4n) is 2.28. The van der Waals surface area contributed by atoms with Crippen molar-refractivity contribution in [1.82, 2.24) is 5.32 Å². The Kier molecular flexibility index (Phi) is 3.99. The van der Waals surface area contributed by atoms with Crippen LogP contribution in [0.25, 0.3) is 0 Å². The number of amides is 2. The van der Waals surface area contributed by atoms with Crippen LogP contribution in [0, 0.1) is 5.82 Å². The average Bonchev–Trinajstić information content (AvgIpc) is 2.37. The average molecular weight is 295 g/mol. The van der Waals surface area contributed by atoms with Crippen molar-refractivity contribution >= 4 is 34.7 Å². The predicted octanol–water partition coefficient (Wildman–Crippen LogP) is 0.701. The van der Waals surface area contributed by atoms with Crippen LogP contribution in [0.3, 0.4) is 0 Å². The van der Waals surface area contributed by atoms with E-state index in [1.807, 2.05) is 6.92 Å². The van der Waals surface area contributed by atoms with Crippen LogP contribution in [-0.2, 0) is 9.59 Å². The van der Waals surface area contributed by atoms with E-state index in [1.165, 1.54) is 18.2 Å². The highest BCUT2D eigenvalue weighted by atomic mass is 32.1. The van der Waals surface area contributed by atoms with Gasteiger partial charge in [-0.15, -0.1) is 0 Å². The number of nitrogens with two attached hydrogens (primary N) is 1. The number of imide groups is 1. The molecule has 1 heterocycles. The number of halogens is 1. The molecule has 0 radical (unpaired) electrons. The summed E-state index contributed by atoms with van der Waals surface area (Å²) in [5.74, 6) is -1.25. The number of benzene rings is 1. The molecular weight excluding hydrogens is 281 g/mol. The molecule has 106 valence electrons. The number of hydrogen-bond acceptors (Lipinski definition) is 4. The minimum Gasteiger partial charge on any atom is -0.389 e. The van der Waals surface area contributed by atoms with E-state index in [1.54, 1.807) is 4.90 Å². The molecular formula is C13H14FN3O2S. The van der Waals surface area contributed by atoms with Crippen molar-refractivity contribution in [3.05, 3.63) is 29.6 Å². The standard InChI is InChI=1S/C13H14FN3O2S/c1-2-9-13(19)16-11(18)6-17(9)10-4-3-7(14)5-8(10)12(15)20/h3-5,9H,2,6H2,1H3,(H2,15,20)(H,16,18,19). The normalized spacial score (nSPS) is 18.9. The van der Waals surface area contributed by atoms with Crippen LogP contribution in [0.15, 0.2) is 18.2 Å². The first-order chi connectivity index (χ1) is 9.43. The summed E-state index contributed by atoms with van der Waals surface area (Å²) in [6, 6.07) is 3.44. The van der Waals surface area contributed by atoms with Gasteiger partial charge in [0.15, 0.2) is 0 Å². The number of nitrogens with one attached hydrogen (secondary N) is 1. The quantitative estimate of drug-likeness (QED) is 0.634. The summed E-state index contributed by atoms with van der Waals surface area (Å²) < 4.78 is 13.3. The van der Waals surface area contributed by atoms with E-state index in [9.17, 15) is 14.0 Å². The molecule has 1 atom stereocenters. The van der Waals surface area contributed by atoms with Gasteiger partial charge in [0, 0.05) is 11.3 Å². The van der Waals surface area contributed by atoms with Crippen LogP contribution in [0.5, 0.6) is 0 Å². The highest BCUT2D eigenvalue weighted by molar-refractivity contribution is 7.80. The Bertz CT molecular complexity index is 591. The van der Waals surface area contributed by atoms with E-state index in [2.05, 4.69) is 5.32 Å². The third-order valence-electron chi connectivity index (χ3n) is 3.18. The Hall–Kier alpha value is -2.02. The van der Waals surface area contributed by atoms with Crippen molar-refractivity contribution in [2.45, 2.75) is 19.4 Å². The fourth-order valence-corrected chi connectivity index (χ4v) is 2.45. The van der Waals surface area contributed by atoms with Crippen molar-refractivity contribution in [3.8, 4) is 0 Å². The van der Waals surface area contributed by atoms with E-state index in [4.69, 9.17) is 18.0 Å². The minimum absolute atomic E-state index is 0.00545. The maximum atomic E-state index is 13.3. The SMILES string of the molecule is CCC1C(=O)NC(=O)CN1c1ccc(F)cc1C(N)=S. The summed E-state index contributed by atoms with van der Waals surface area (Å²) in [6.07, 6.45) is 0.507. The summed E-state index contributed by atoms with van der Waals surface area (Å²) in [7, 11) is 0. The number of nitrogens with zero attached hydrogens (tertiary/aromatic N) is 1. The van der Waals surface area contributed by atoms with Crippen molar-refractivity contribution in [2.24, 2.45) is 5.73 Å². The molecule has 1 aromatic carbocycles. The van der Waals surface area contributed by atoms with Gasteiger partial charge in [0.1, 0.15) is 16.8 Å². The Labute approximate surface area is 120 Å². The smallest absolute Gasteiger partial charge is 0.249 e. The molecule has 20 heavy (non-hydrogen) atoms. The van der Waals surface area contributed by atoms with Crippen molar-refractivity contribution < 1.29 is 14.0 Å². The molecule has 7 heteroatoms. The summed E-state index contributed by atoms with van der Waals surface area (Å²) in [5, 5.41) is 2.28. The van der Waals surface area contributed by atoms with Crippen molar-refractivity contribution in [2.75, 3.05) is 11.4 Å². The Morgan fingerprint density at radius 2 is 2.25 bits per heavy atom. The molecule has 2 rings (SSSR count). The molecule has 3 N–H and O–H groups in total. The predicted molar refractivity (Wildman–Crippen MR) is 76.9 cm³/mol. The van der Waals surface area contributed by atoms with E-state index < -0.39 is 17.8 Å². The van der Waals surface area contributed by atoms with Crippen molar-refractivity contribution in [1.29, 1.82) is 0 Å². The molecule has 1 aliphatic rings. The Balaban J connectivity index is 2.50. The number of carbonyl (C=O) groups excluding carboxylic acids is 2. The minimum atomic E-state index is -0.508. The summed E-state index contributed by atoms with van der Waals surface area (Å²) in [6.45, 7) is 1.84. The summed E-state index contributed by atoms with van der Waals surface area (Å²) in [5.41, 5.74) is 6.41. The lowest BCUT2D eigenvalue weighted by Crippen LogP contribution is -2.58. The van der Waals surface area contributed by atoms with Gasteiger partial charge in [-0.2, -0.15) is 0 Å². The van der Waals surface area contributed by atoms with Gasteiger partial charge in [0.2, 0.25) is 11.8 Å². The lowest BCUT2D eigenvalue weighted by molar-refractivity contribution is -0.132.